The fourth-order valence-corrected chi connectivity index (χ4v) is 4.53. The van der Waals surface area contributed by atoms with E-state index in [1.807, 2.05) is 41.1 Å². The number of imidazole rings is 1. The van der Waals surface area contributed by atoms with E-state index in [0.29, 0.717) is 16.1 Å². The zero-order valence-corrected chi connectivity index (χ0v) is 18.6. The van der Waals surface area contributed by atoms with Gasteiger partial charge in [0.25, 0.3) is 0 Å². The van der Waals surface area contributed by atoms with Gasteiger partial charge >= 0.3 is 5.69 Å². The first-order valence-electron chi connectivity index (χ1n) is 10.4. The summed E-state index contributed by atoms with van der Waals surface area (Å²) in [6.07, 6.45) is 1.77. The maximum absolute atomic E-state index is 11.6. The van der Waals surface area contributed by atoms with Crippen LogP contribution in [0.25, 0.3) is 44.7 Å². The average Bonchev–Trinajstić information content (AvgIpc) is 3.49. The number of rotatable bonds is 3. The van der Waals surface area contributed by atoms with Crippen molar-refractivity contribution in [1.29, 1.82) is 0 Å². The van der Waals surface area contributed by atoms with Crippen LogP contribution in [0.1, 0.15) is 11.1 Å². The van der Waals surface area contributed by atoms with Crippen LogP contribution in [0.15, 0.2) is 65.6 Å². The van der Waals surface area contributed by atoms with E-state index in [2.05, 4.69) is 57.4 Å². The molecule has 3 aromatic heterocycles. The first-order chi connectivity index (χ1) is 16.0. The molecule has 0 bridgehead atoms. The molecule has 2 N–H and O–H groups in total. The molecule has 0 saturated heterocycles. The van der Waals surface area contributed by atoms with Crippen molar-refractivity contribution in [2.75, 3.05) is 0 Å². The molecular formula is C24H18ClN7O. The Bertz CT molecular complexity index is 1720. The van der Waals surface area contributed by atoms with Crippen molar-refractivity contribution >= 4 is 33.7 Å². The molecule has 3 heterocycles. The number of H-pyrrole nitrogens is 2. The fraction of sp³-hybridized carbons (Fsp3) is 0.0833. The molecule has 8 nitrogen and oxygen atoms in total. The largest absolute Gasteiger partial charge is 0.323 e. The van der Waals surface area contributed by atoms with Gasteiger partial charge in [-0.1, -0.05) is 22.9 Å². The fourth-order valence-electron chi connectivity index (χ4n) is 4.27. The van der Waals surface area contributed by atoms with Gasteiger partial charge in [0.2, 0.25) is 0 Å². The SMILES string of the molecule is Cc1cc(C)cc(-n2nccc2-c2cc(Cl)c3nnn(-c4ccc5[nH]c(=O)[nH]c5c4)c3c2)c1. The van der Waals surface area contributed by atoms with Crippen LogP contribution >= 0.6 is 11.6 Å². The van der Waals surface area contributed by atoms with Gasteiger partial charge in [-0.05, 0) is 73.5 Å². The highest BCUT2D eigenvalue weighted by atomic mass is 35.5. The van der Waals surface area contributed by atoms with Gasteiger partial charge < -0.3 is 9.97 Å². The highest BCUT2D eigenvalue weighted by Crippen LogP contribution is 2.32. The lowest BCUT2D eigenvalue weighted by Crippen LogP contribution is -2.01. The minimum Gasteiger partial charge on any atom is -0.306 e. The van der Waals surface area contributed by atoms with E-state index in [-0.39, 0.29) is 5.69 Å². The molecule has 9 heteroatoms. The van der Waals surface area contributed by atoms with Gasteiger partial charge in [0, 0.05) is 5.56 Å². The van der Waals surface area contributed by atoms with Gasteiger partial charge in [0.15, 0.2) is 0 Å². The van der Waals surface area contributed by atoms with Crippen LogP contribution < -0.4 is 5.69 Å². The molecule has 162 valence electrons. The second kappa shape index (κ2) is 7.18. The maximum atomic E-state index is 11.6. The number of benzene rings is 3. The highest BCUT2D eigenvalue weighted by Gasteiger charge is 2.16. The number of aromatic amines is 2. The van der Waals surface area contributed by atoms with Crippen LogP contribution in [-0.4, -0.2) is 34.7 Å². The van der Waals surface area contributed by atoms with Crippen molar-refractivity contribution < 1.29 is 0 Å². The Morgan fingerprint density at radius 2 is 1.64 bits per heavy atom. The molecule has 3 aromatic carbocycles. The average molecular weight is 456 g/mol. The lowest BCUT2D eigenvalue weighted by Gasteiger charge is -2.11. The van der Waals surface area contributed by atoms with Crippen molar-refractivity contribution in [2.45, 2.75) is 13.8 Å². The monoisotopic (exact) mass is 455 g/mol. The summed E-state index contributed by atoms with van der Waals surface area (Å²) in [4.78, 5) is 17.2. The first-order valence-corrected chi connectivity index (χ1v) is 10.7. The number of aromatic nitrogens is 7. The Labute approximate surface area is 192 Å². The second-order valence-electron chi connectivity index (χ2n) is 8.11. The Morgan fingerprint density at radius 3 is 2.45 bits per heavy atom. The third kappa shape index (κ3) is 3.23. The van der Waals surface area contributed by atoms with Gasteiger partial charge in [0.05, 0.1) is 44.8 Å². The van der Waals surface area contributed by atoms with Gasteiger partial charge in [-0.3, -0.25) is 0 Å². The summed E-state index contributed by atoms with van der Waals surface area (Å²) in [7, 11) is 0. The number of fused-ring (bicyclic) bond motifs is 2. The maximum Gasteiger partial charge on any atom is 0.323 e. The quantitative estimate of drug-likeness (QED) is 0.403. The zero-order valence-electron chi connectivity index (χ0n) is 17.8. The molecule has 0 unspecified atom stereocenters. The van der Waals surface area contributed by atoms with E-state index >= 15 is 0 Å². The number of hydrogen-bond acceptors (Lipinski definition) is 4. The Kier molecular flexibility index (Phi) is 4.24. The summed E-state index contributed by atoms with van der Waals surface area (Å²) in [5, 5.41) is 13.7. The molecule has 0 aliphatic carbocycles. The topological polar surface area (TPSA) is 97.2 Å². The van der Waals surface area contributed by atoms with Crippen molar-refractivity contribution in [3.63, 3.8) is 0 Å². The summed E-state index contributed by atoms with van der Waals surface area (Å²) in [5.41, 5.74) is 8.39. The molecule has 0 radical (unpaired) electrons. The number of halogens is 1. The molecule has 0 aliphatic heterocycles. The molecule has 0 spiro atoms. The molecular weight excluding hydrogens is 438 g/mol. The minimum atomic E-state index is -0.254. The first kappa shape index (κ1) is 19.5. The lowest BCUT2D eigenvalue weighted by molar-refractivity contribution is 0.825. The predicted molar refractivity (Wildman–Crippen MR) is 128 cm³/mol. The van der Waals surface area contributed by atoms with E-state index in [4.69, 9.17) is 11.6 Å². The molecule has 0 saturated carbocycles. The molecule has 6 aromatic rings. The molecule has 0 amide bonds. The predicted octanol–water partition coefficient (Wildman–Crippen LogP) is 4.71. The third-order valence-electron chi connectivity index (χ3n) is 5.64. The smallest absolute Gasteiger partial charge is 0.306 e. The van der Waals surface area contributed by atoms with Gasteiger partial charge in [0.1, 0.15) is 5.52 Å². The van der Waals surface area contributed by atoms with Crippen LogP contribution in [0.3, 0.4) is 0 Å². The summed E-state index contributed by atoms with van der Waals surface area (Å²) in [6, 6.07) is 17.7. The molecule has 0 fully saturated rings. The van der Waals surface area contributed by atoms with Crippen molar-refractivity contribution in [1.82, 2.24) is 34.7 Å². The van der Waals surface area contributed by atoms with Crippen LogP contribution in [0.2, 0.25) is 5.02 Å². The normalized spacial score (nSPS) is 11.6. The highest BCUT2D eigenvalue weighted by molar-refractivity contribution is 6.35. The minimum absolute atomic E-state index is 0.254. The Hall–Kier alpha value is -4.17. The van der Waals surface area contributed by atoms with E-state index in [0.717, 1.165) is 33.7 Å². The zero-order chi connectivity index (χ0) is 22.7. The number of nitrogens with zero attached hydrogens (tertiary/aromatic N) is 5. The van der Waals surface area contributed by atoms with Crippen molar-refractivity contribution in [3.05, 3.63) is 87.4 Å². The van der Waals surface area contributed by atoms with Gasteiger partial charge in [-0.15, -0.1) is 5.10 Å². The van der Waals surface area contributed by atoms with Gasteiger partial charge in [-0.25, -0.2) is 14.2 Å². The number of aryl methyl sites for hydroxylation is 2. The standard InChI is InChI=1S/C24H18ClN7O/c1-13-7-14(2)9-17(8-13)31-21(5-6-26-31)15-10-18(25)23-22(11-15)32(30-29-23)16-3-4-19-20(12-16)28-24(33)27-19/h3-12H,1-2H3,(H2,27,28,33). The van der Waals surface area contributed by atoms with Crippen molar-refractivity contribution in [3.8, 4) is 22.6 Å². The summed E-state index contributed by atoms with van der Waals surface area (Å²) in [6.45, 7) is 4.14. The lowest BCUT2D eigenvalue weighted by atomic mass is 10.1. The van der Waals surface area contributed by atoms with E-state index < -0.39 is 0 Å². The van der Waals surface area contributed by atoms with Crippen molar-refractivity contribution in [2.24, 2.45) is 0 Å². The van der Waals surface area contributed by atoms with Crippen LogP contribution in [0.5, 0.6) is 0 Å². The summed E-state index contributed by atoms with van der Waals surface area (Å²) in [5.74, 6) is 0. The van der Waals surface area contributed by atoms with E-state index in [9.17, 15) is 4.79 Å². The van der Waals surface area contributed by atoms with Crippen LogP contribution in [-0.2, 0) is 0 Å². The molecule has 0 atom stereocenters. The Balaban J connectivity index is 1.53. The van der Waals surface area contributed by atoms with E-state index in [1.54, 1.807) is 10.9 Å². The van der Waals surface area contributed by atoms with Crippen LogP contribution in [0.4, 0.5) is 0 Å². The van der Waals surface area contributed by atoms with Gasteiger partial charge in [-0.2, -0.15) is 5.10 Å². The molecule has 0 aliphatic rings. The van der Waals surface area contributed by atoms with Crippen LogP contribution in [0, 0.1) is 13.8 Å². The number of hydrogen-bond donors (Lipinski definition) is 2. The molecule has 33 heavy (non-hydrogen) atoms. The third-order valence-corrected chi connectivity index (χ3v) is 5.93. The number of nitrogens with one attached hydrogen (secondary N) is 2. The molecule has 6 rings (SSSR count). The second-order valence-corrected chi connectivity index (χ2v) is 8.52. The van der Waals surface area contributed by atoms with E-state index in [1.165, 1.54) is 11.1 Å². The Morgan fingerprint density at radius 1 is 0.848 bits per heavy atom. The summed E-state index contributed by atoms with van der Waals surface area (Å²) >= 11 is 6.63. The summed E-state index contributed by atoms with van der Waals surface area (Å²) < 4.78 is 3.62.